The van der Waals surface area contributed by atoms with E-state index in [1.54, 1.807) is 12.1 Å². The average molecular weight is 349 g/mol. The molecule has 134 valence electrons. The van der Waals surface area contributed by atoms with E-state index in [9.17, 15) is 4.39 Å². The van der Waals surface area contributed by atoms with Gasteiger partial charge in [-0.15, -0.1) is 0 Å². The largest absolute Gasteiger partial charge is 0.331 e. The fourth-order valence-corrected chi connectivity index (χ4v) is 3.80. The molecule has 0 N–H and O–H groups in total. The highest BCUT2D eigenvalue weighted by atomic mass is 19.1. The van der Waals surface area contributed by atoms with Gasteiger partial charge in [-0.25, -0.2) is 9.37 Å². The lowest BCUT2D eigenvalue weighted by Gasteiger charge is -2.32. The van der Waals surface area contributed by atoms with Gasteiger partial charge in [0.05, 0.1) is 0 Å². The van der Waals surface area contributed by atoms with E-state index in [1.807, 2.05) is 18.3 Å². The Labute approximate surface area is 154 Å². The van der Waals surface area contributed by atoms with Gasteiger partial charge < -0.3 is 4.57 Å². The van der Waals surface area contributed by atoms with E-state index in [-0.39, 0.29) is 5.82 Å². The molecular weight excluding hydrogens is 325 g/mol. The van der Waals surface area contributed by atoms with Gasteiger partial charge in [-0.3, -0.25) is 4.90 Å². The van der Waals surface area contributed by atoms with E-state index in [4.69, 9.17) is 0 Å². The summed E-state index contributed by atoms with van der Waals surface area (Å²) in [5, 5.41) is 0. The van der Waals surface area contributed by atoms with Crippen molar-refractivity contribution >= 4 is 0 Å². The number of halogens is 1. The smallest absolute Gasteiger partial charge is 0.139 e. The second kappa shape index (κ2) is 7.83. The van der Waals surface area contributed by atoms with Crippen molar-refractivity contribution in [3.05, 3.63) is 78.4 Å². The molecule has 0 bridgehead atoms. The average Bonchev–Trinajstić information content (AvgIpc) is 3.12. The highest BCUT2D eigenvalue weighted by molar-refractivity contribution is 5.55. The van der Waals surface area contributed by atoms with Crippen LogP contribution in [0.4, 0.5) is 4.39 Å². The molecule has 26 heavy (non-hydrogen) atoms. The van der Waals surface area contributed by atoms with Crippen molar-refractivity contribution in [1.82, 2.24) is 14.5 Å². The molecule has 0 atom stereocenters. The molecule has 0 spiro atoms. The van der Waals surface area contributed by atoms with Crippen LogP contribution in [0.3, 0.4) is 0 Å². The third kappa shape index (κ3) is 4.02. The van der Waals surface area contributed by atoms with Crippen LogP contribution in [0.1, 0.15) is 18.4 Å². The van der Waals surface area contributed by atoms with Crippen LogP contribution in [0.15, 0.2) is 67.0 Å². The van der Waals surface area contributed by atoms with Crippen LogP contribution in [-0.2, 0) is 13.1 Å². The molecule has 1 saturated heterocycles. The first-order valence-electron chi connectivity index (χ1n) is 9.31. The Morgan fingerprint density at radius 2 is 1.81 bits per heavy atom. The molecule has 3 nitrogen and oxygen atoms in total. The number of nitrogens with zero attached hydrogens (tertiary/aromatic N) is 3. The molecule has 4 rings (SSSR count). The van der Waals surface area contributed by atoms with Gasteiger partial charge in [-0.1, -0.05) is 42.5 Å². The predicted octanol–water partition coefficient (Wildman–Crippen LogP) is 4.60. The van der Waals surface area contributed by atoms with Crippen molar-refractivity contribution in [2.45, 2.75) is 25.9 Å². The molecule has 0 amide bonds. The van der Waals surface area contributed by atoms with Gasteiger partial charge in [0, 0.05) is 31.0 Å². The summed E-state index contributed by atoms with van der Waals surface area (Å²) >= 11 is 0. The second-order valence-electron chi connectivity index (χ2n) is 7.12. The maximum Gasteiger partial charge on any atom is 0.139 e. The summed E-state index contributed by atoms with van der Waals surface area (Å²) in [5.41, 5.74) is 2.23. The van der Waals surface area contributed by atoms with Crippen LogP contribution in [0.2, 0.25) is 0 Å². The molecule has 2 heterocycles. The van der Waals surface area contributed by atoms with Crippen molar-refractivity contribution < 1.29 is 4.39 Å². The lowest BCUT2D eigenvalue weighted by atomic mass is 9.96. The first kappa shape index (κ1) is 17.0. The number of imidazole rings is 1. The number of piperidine rings is 1. The molecule has 2 aromatic carbocycles. The van der Waals surface area contributed by atoms with Gasteiger partial charge >= 0.3 is 0 Å². The van der Waals surface area contributed by atoms with Crippen molar-refractivity contribution in [2.75, 3.05) is 13.1 Å². The minimum Gasteiger partial charge on any atom is -0.331 e. The third-order valence-corrected chi connectivity index (χ3v) is 5.20. The van der Waals surface area contributed by atoms with E-state index in [1.165, 1.54) is 24.5 Å². The Kier molecular flexibility index (Phi) is 5.12. The normalized spacial score (nSPS) is 16.0. The zero-order valence-electron chi connectivity index (χ0n) is 14.9. The second-order valence-corrected chi connectivity index (χ2v) is 7.12. The van der Waals surface area contributed by atoms with Gasteiger partial charge in [0.15, 0.2) is 0 Å². The summed E-state index contributed by atoms with van der Waals surface area (Å²) in [4.78, 5) is 6.98. The zero-order valence-corrected chi connectivity index (χ0v) is 14.9. The van der Waals surface area contributed by atoms with Gasteiger partial charge in [0.2, 0.25) is 0 Å². The molecule has 4 heteroatoms. The number of likely N-dealkylation sites (tertiary alicyclic amines) is 1. The third-order valence-electron chi connectivity index (χ3n) is 5.20. The molecule has 0 radical (unpaired) electrons. The molecule has 0 unspecified atom stereocenters. The first-order chi connectivity index (χ1) is 12.8. The summed E-state index contributed by atoms with van der Waals surface area (Å²) < 4.78 is 15.6. The number of rotatable bonds is 5. The Hall–Kier alpha value is -2.46. The van der Waals surface area contributed by atoms with Crippen LogP contribution in [0, 0.1) is 11.7 Å². The number of hydrogen-bond acceptors (Lipinski definition) is 2. The Bertz CT molecular complexity index is 835. The Morgan fingerprint density at radius 3 is 2.58 bits per heavy atom. The summed E-state index contributed by atoms with van der Waals surface area (Å²) in [6.45, 7) is 3.98. The SMILES string of the molecule is Fc1cccc(CN2CCC(Cn3ccnc3-c3ccccc3)CC2)c1. The van der Waals surface area contributed by atoms with Crippen molar-refractivity contribution in [3.8, 4) is 11.4 Å². The summed E-state index contributed by atoms with van der Waals surface area (Å²) in [6, 6.07) is 17.3. The van der Waals surface area contributed by atoms with Crippen LogP contribution in [-0.4, -0.2) is 27.5 Å². The van der Waals surface area contributed by atoms with E-state index in [2.05, 4.69) is 44.9 Å². The summed E-state index contributed by atoms with van der Waals surface area (Å²) in [7, 11) is 0. The van der Waals surface area contributed by atoms with Crippen molar-refractivity contribution in [3.63, 3.8) is 0 Å². The minimum absolute atomic E-state index is 0.147. The molecular formula is C22H24FN3. The van der Waals surface area contributed by atoms with Crippen LogP contribution < -0.4 is 0 Å². The van der Waals surface area contributed by atoms with Gasteiger partial charge in [0.1, 0.15) is 11.6 Å². The molecule has 0 saturated carbocycles. The molecule has 1 aliphatic rings. The minimum atomic E-state index is -0.147. The molecule has 0 aliphatic carbocycles. The fraction of sp³-hybridized carbons (Fsp3) is 0.318. The van der Waals surface area contributed by atoms with Gasteiger partial charge in [0.25, 0.3) is 0 Å². The summed E-state index contributed by atoms with van der Waals surface area (Å²) in [5.74, 6) is 1.56. The maximum atomic E-state index is 13.3. The Balaban J connectivity index is 1.34. The number of benzene rings is 2. The fourth-order valence-electron chi connectivity index (χ4n) is 3.80. The lowest BCUT2D eigenvalue weighted by molar-refractivity contribution is 0.167. The number of hydrogen-bond donors (Lipinski definition) is 0. The van der Waals surface area contributed by atoms with Crippen molar-refractivity contribution in [2.24, 2.45) is 5.92 Å². The quantitative estimate of drug-likeness (QED) is 0.671. The van der Waals surface area contributed by atoms with Crippen molar-refractivity contribution in [1.29, 1.82) is 0 Å². The van der Waals surface area contributed by atoms with E-state index in [0.717, 1.165) is 37.6 Å². The first-order valence-corrected chi connectivity index (χ1v) is 9.31. The highest BCUT2D eigenvalue weighted by Gasteiger charge is 2.20. The monoisotopic (exact) mass is 349 g/mol. The topological polar surface area (TPSA) is 21.1 Å². The predicted molar refractivity (Wildman–Crippen MR) is 102 cm³/mol. The lowest BCUT2D eigenvalue weighted by Crippen LogP contribution is -2.34. The zero-order chi connectivity index (χ0) is 17.8. The molecule has 1 fully saturated rings. The molecule has 1 aromatic heterocycles. The highest BCUT2D eigenvalue weighted by Crippen LogP contribution is 2.24. The van der Waals surface area contributed by atoms with Gasteiger partial charge in [-0.05, 0) is 49.5 Å². The van der Waals surface area contributed by atoms with Crippen LogP contribution in [0.5, 0.6) is 0 Å². The Morgan fingerprint density at radius 1 is 1.00 bits per heavy atom. The van der Waals surface area contributed by atoms with E-state index >= 15 is 0 Å². The van der Waals surface area contributed by atoms with Crippen LogP contribution in [0.25, 0.3) is 11.4 Å². The maximum absolute atomic E-state index is 13.3. The number of aromatic nitrogens is 2. The van der Waals surface area contributed by atoms with E-state index < -0.39 is 0 Å². The molecule has 3 aromatic rings. The van der Waals surface area contributed by atoms with Crippen LogP contribution >= 0.6 is 0 Å². The summed E-state index contributed by atoms with van der Waals surface area (Å²) in [6.07, 6.45) is 6.31. The van der Waals surface area contributed by atoms with Gasteiger partial charge in [-0.2, -0.15) is 0 Å². The standard InChI is InChI=1S/C22H24FN3/c23-21-8-4-5-19(15-21)16-25-12-9-18(10-13-25)17-26-14-11-24-22(26)20-6-2-1-3-7-20/h1-8,11,14-15,18H,9-10,12-13,16-17H2. The van der Waals surface area contributed by atoms with E-state index in [0.29, 0.717) is 5.92 Å². The molecule has 1 aliphatic heterocycles.